The van der Waals surface area contributed by atoms with Crippen LogP contribution in [-0.2, 0) is 0 Å². The Hall–Kier alpha value is -1.23. The van der Waals surface area contributed by atoms with E-state index in [1.54, 1.807) is 24.3 Å². The normalized spacial score (nSPS) is 10.3. The molecule has 0 radical (unpaired) electrons. The number of carbonyl (C=O) groups is 1. The molecule has 1 aromatic carbocycles. The number of ether oxygens (including phenoxy) is 2. The highest BCUT2D eigenvalue weighted by Crippen LogP contribution is 2.38. The van der Waals surface area contributed by atoms with E-state index >= 15 is 0 Å². The molecular weight excluding hydrogens is 307 g/mol. The lowest BCUT2D eigenvalue weighted by Crippen LogP contribution is -2.03. The second-order valence-electron chi connectivity index (χ2n) is 3.60. The Morgan fingerprint density at radius 1 is 1.11 bits per heavy atom. The van der Waals surface area contributed by atoms with E-state index in [0.717, 1.165) is 0 Å². The van der Waals surface area contributed by atoms with E-state index in [2.05, 4.69) is 0 Å². The molecule has 19 heavy (non-hydrogen) atoms. The number of benzene rings is 1. The van der Waals surface area contributed by atoms with Crippen molar-refractivity contribution in [3.05, 3.63) is 44.1 Å². The summed E-state index contributed by atoms with van der Waals surface area (Å²) in [5.41, 5.74) is 0.381. The van der Waals surface area contributed by atoms with Crippen LogP contribution < -0.4 is 9.47 Å². The van der Waals surface area contributed by atoms with Crippen LogP contribution in [0, 0.1) is 0 Å². The van der Waals surface area contributed by atoms with Crippen molar-refractivity contribution < 1.29 is 14.3 Å². The Balaban J connectivity index is 2.50. The molecule has 0 aliphatic carbocycles. The molecular formula is C13H10Cl2O3S. The molecule has 1 heterocycles. The van der Waals surface area contributed by atoms with E-state index in [9.17, 15) is 4.79 Å². The van der Waals surface area contributed by atoms with Crippen LogP contribution in [0.25, 0.3) is 0 Å². The summed E-state index contributed by atoms with van der Waals surface area (Å²) in [6.45, 7) is 0. The summed E-state index contributed by atoms with van der Waals surface area (Å²) in [7, 11) is 2.96. The van der Waals surface area contributed by atoms with E-state index < -0.39 is 0 Å². The monoisotopic (exact) mass is 316 g/mol. The van der Waals surface area contributed by atoms with E-state index in [0.29, 0.717) is 26.3 Å². The van der Waals surface area contributed by atoms with Gasteiger partial charge >= 0.3 is 0 Å². The summed E-state index contributed by atoms with van der Waals surface area (Å²) in [5.74, 6) is 0.577. The molecule has 0 unspecified atom stereocenters. The second kappa shape index (κ2) is 5.82. The minimum absolute atomic E-state index is 0.182. The van der Waals surface area contributed by atoms with Crippen molar-refractivity contribution in [2.45, 2.75) is 0 Å². The van der Waals surface area contributed by atoms with Gasteiger partial charge in [-0.1, -0.05) is 23.2 Å². The van der Waals surface area contributed by atoms with Gasteiger partial charge in [0.2, 0.25) is 5.78 Å². The fourth-order valence-electron chi connectivity index (χ4n) is 1.64. The summed E-state index contributed by atoms with van der Waals surface area (Å²) in [5, 5.41) is 0.276. The highest BCUT2D eigenvalue weighted by molar-refractivity contribution is 7.18. The Kier molecular flexibility index (Phi) is 4.34. The molecule has 2 aromatic rings. The van der Waals surface area contributed by atoms with Crippen molar-refractivity contribution in [1.82, 2.24) is 0 Å². The van der Waals surface area contributed by atoms with Crippen LogP contribution in [0.3, 0.4) is 0 Å². The number of rotatable bonds is 4. The van der Waals surface area contributed by atoms with Crippen LogP contribution >= 0.6 is 34.5 Å². The second-order valence-corrected chi connectivity index (χ2v) is 5.69. The van der Waals surface area contributed by atoms with E-state index in [4.69, 9.17) is 32.7 Å². The molecule has 6 heteroatoms. The lowest BCUT2D eigenvalue weighted by molar-refractivity contribution is 0.103. The largest absolute Gasteiger partial charge is 0.495 e. The van der Waals surface area contributed by atoms with Gasteiger partial charge in [-0.05, 0) is 24.3 Å². The summed E-state index contributed by atoms with van der Waals surface area (Å²) in [6.07, 6.45) is 0. The zero-order valence-electron chi connectivity index (χ0n) is 10.2. The van der Waals surface area contributed by atoms with Gasteiger partial charge < -0.3 is 9.47 Å². The molecule has 0 aliphatic rings. The molecule has 100 valence electrons. The molecule has 0 fully saturated rings. The molecule has 0 N–H and O–H groups in total. The average molecular weight is 317 g/mol. The molecule has 1 aromatic heterocycles. The number of halogens is 2. The van der Waals surface area contributed by atoms with Crippen molar-refractivity contribution in [2.24, 2.45) is 0 Å². The fraction of sp³-hybridized carbons (Fsp3) is 0.154. The van der Waals surface area contributed by atoms with Crippen molar-refractivity contribution in [1.29, 1.82) is 0 Å². The van der Waals surface area contributed by atoms with Gasteiger partial charge in [-0.2, -0.15) is 0 Å². The first-order valence-electron chi connectivity index (χ1n) is 5.29. The van der Waals surface area contributed by atoms with Crippen LogP contribution in [0.2, 0.25) is 9.36 Å². The predicted molar refractivity (Wildman–Crippen MR) is 77.3 cm³/mol. The Morgan fingerprint density at radius 3 is 2.37 bits per heavy atom. The van der Waals surface area contributed by atoms with Crippen LogP contribution in [0.5, 0.6) is 11.5 Å². The van der Waals surface area contributed by atoms with Crippen molar-refractivity contribution in [3.8, 4) is 11.5 Å². The molecule has 0 aliphatic heterocycles. The van der Waals surface area contributed by atoms with Crippen molar-refractivity contribution in [2.75, 3.05) is 14.2 Å². The molecule has 0 atom stereocenters. The molecule has 0 saturated heterocycles. The number of hydrogen-bond donors (Lipinski definition) is 0. The van der Waals surface area contributed by atoms with Crippen LogP contribution in [-0.4, -0.2) is 20.0 Å². The van der Waals surface area contributed by atoms with Gasteiger partial charge in [-0.15, -0.1) is 11.3 Å². The molecule has 0 spiro atoms. The van der Waals surface area contributed by atoms with Crippen LogP contribution in [0.15, 0.2) is 24.3 Å². The number of thiophene rings is 1. The third-order valence-electron chi connectivity index (χ3n) is 2.53. The maximum atomic E-state index is 12.4. The average Bonchev–Trinajstić information content (AvgIpc) is 2.84. The van der Waals surface area contributed by atoms with Crippen LogP contribution in [0.4, 0.5) is 0 Å². The topological polar surface area (TPSA) is 35.5 Å². The standard InChI is InChI=1S/C13H10Cl2O3S/c1-17-8-4-3-7(13(18-2)11(8)15)12(16)9-5-6-10(14)19-9/h3-6H,1-2H3. The zero-order valence-corrected chi connectivity index (χ0v) is 12.5. The Labute approximate surface area is 124 Å². The fourth-order valence-corrected chi connectivity index (χ4v) is 2.96. The molecule has 0 saturated carbocycles. The SMILES string of the molecule is COc1ccc(C(=O)c2ccc(Cl)s2)c(OC)c1Cl. The minimum Gasteiger partial charge on any atom is -0.495 e. The van der Waals surface area contributed by atoms with E-state index in [1.165, 1.54) is 25.6 Å². The molecule has 0 amide bonds. The van der Waals surface area contributed by atoms with Gasteiger partial charge in [-0.25, -0.2) is 0 Å². The maximum absolute atomic E-state index is 12.4. The van der Waals surface area contributed by atoms with Gasteiger partial charge in [0.1, 0.15) is 10.8 Å². The predicted octanol–water partition coefficient (Wildman–Crippen LogP) is 4.30. The van der Waals surface area contributed by atoms with Gasteiger partial charge in [-0.3, -0.25) is 4.79 Å². The van der Waals surface area contributed by atoms with Crippen molar-refractivity contribution in [3.63, 3.8) is 0 Å². The molecule has 3 nitrogen and oxygen atoms in total. The molecule has 2 rings (SSSR count). The lowest BCUT2D eigenvalue weighted by Gasteiger charge is -2.11. The highest BCUT2D eigenvalue weighted by atomic mass is 35.5. The number of carbonyl (C=O) groups excluding carboxylic acids is 1. The first kappa shape index (κ1) is 14.2. The van der Waals surface area contributed by atoms with E-state index in [-0.39, 0.29) is 10.8 Å². The summed E-state index contributed by atoms with van der Waals surface area (Å²) >= 11 is 13.2. The minimum atomic E-state index is -0.182. The van der Waals surface area contributed by atoms with Crippen LogP contribution in [0.1, 0.15) is 15.2 Å². The molecule has 0 bridgehead atoms. The summed E-state index contributed by atoms with van der Waals surface area (Å²) in [6, 6.07) is 6.61. The smallest absolute Gasteiger partial charge is 0.206 e. The third-order valence-corrected chi connectivity index (χ3v) is 4.12. The van der Waals surface area contributed by atoms with Gasteiger partial charge in [0, 0.05) is 0 Å². The first-order chi connectivity index (χ1) is 9.08. The highest BCUT2D eigenvalue weighted by Gasteiger charge is 2.20. The number of ketones is 1. The van der Waals surface area contributed by atoms with Gasteiger partial charge in [0.05, 0.1) is 29.0 Å². The van der Waals surface area contributed by atoms with Gasteiger partial charge in [0.25, 0.3) is 0 Å². The Bertz CT molecular complexity index is 622. The Morgan fingerprint density at radius 2 is 1.84 bits per heavy atom. The number of methoxy groups -OCH3 is 2. The van der Waals surface area contributed by atoms with Gasteiger partial charge in [0.15, 0.2) is 5.75 Å². The third kappa shape index (κ3) is 2.71. The summed E-state index contributed by atoms with van der Waals surface area (Å²) < 4.78 is 10.9. The first-order valence-corrected chi connectivity index (χ1v) is 6.86. The quantitative estimate of drug-likeness (QED) is 0.789. The summed E-state index contributed by atoms with van der Waals surface area (Å²) in [4.78, 5) is 12.9. The number of hydrogen-bond acceptors (Lipinski definition) is 4. The lowest BCUT2D eigenvalue weighted by atomic mass is 10.1. The maximum Gasteiger partial charge on any atom is 0.206 e. The zero-order chi connectivity index (χ0) is 14.0. The van der Waals surface area contributed by atoms with E-state index in [1.807, 2.05) is 0 Å². The van der Waals surface area contributed by atoms with Crippen molar-refractivity contribution >= 4 is 40.3 Å².